The average molecular weight is 318 g/mol. The van der Waals surface area contributed by atoms with Crippen LogP contribution in [0, 0.1) is 0 Å². The molecule has 0 heterocycles. The molecule has 0 radical (unpaired) electrons. The van der Waals surface area contributed by atoms with Crippen LogP contribution in [0.4, 0.5) is 0 Å². The Morgan fingerprint density at radius 2 is 1.78 bits per heavy atom. The van der Waals surface area contributed by atoms with Gasteiger partial charge in [-0.1, -0.05) is 63.1 Å². The first-order chi connectivity index (χ1) is 11.1. The molecule has 0 spiro atoms. The molecule has 1 aromatic rings. The van der Waals surface area contributed by atoms with Gasteiger partial charge in [0.25, 0.3) is 6.29 Å². The van der Waals surface area contributed by atoms with E-state index < -0.39 is 18.2 Å². The van der Waals surface area contributed by atoms with Gasteiger partial charge in [-0.3, -0.25) is 4.79 Å². The summed E-state index contributed by atoms with van der Waals surface area (Å²) in [5.41, 5.74) is 1.18. The Bertz CT molecular complexity index is 519. The van der Waals surface area contributed by atoms with Crippen LogP contribution in [0.1, 0.15) is 64.7 Å². The highest BCUT2D eigenvalue weighted by molar-refractivity contribution is 5.87. The number of rotatable bonds is 9. The zero-order chi connectivity index (χ0) is 17.1. The molecule has 1 unspecified atom stereocenters. The number of ether oxygens (including phenoxy) is 2. The molecule has 0 aliphatic carbocycles. The highest BCUT2D eigenvalue weighted by atomic mass is 16.7. The summed E-state index contributed by atoms with van der Waals surface area (Å²) in [7, 11) is 0. The van der Waals surface area contributed by atoms with Gasteiger partial charge in [-0.15, -0.1) is 0 Å². The van der Waals surface area contributed by atoms with Gasteiger partial charge in [-0.2, -0.15) is 0 Å². The van der Waals surface area contributed by atoms with Gasteiger partial charge in [0.1, 0.15) is 0 Å². The first kappa shape index (κ1) is 18.9. The van der Waals surface area contributed by atoms with Gasteiger partial charge in [-0.25, -0.2) is 4.79 Å². The first-order valence-corrected chi connectivity index (χ1v) is 8.20. The van der Waals surface area contributed by atoms with E-state index in [1.54, 1.807) is 26.0 Å². The maximum atomic E-state index is 12.2. The Balaban J connectivity index is 2.72. The number of benzene rings is 1. The van der Waals surface area contributed by atoms with E-state index in [4.69, 9.17) is 9.47 Å². The molecule has 0 saturated carbocycles. The van der Waals surface area contributed by atoms with Crippen LogP contribution in [-0.2, 0) is 19.1 Å². The predicted molar refractivity (Wildman–Crippen MR) is 89.6 cm³/mol. The molecule has 0 aromatic heterocycles. The smallest absolute Gasteiger partial charge is 0.336 e. The second kappa shape index (κ2) is 10.6. The molecule has 0 N–H and O–H groups in total. The van der Waals surface area contributed by atoms with Crippen molar-refractivity contribution in [1.82, 2.24) is 0 Å². The third-order valence-corrected chi connectivity index (χ3v) is 3.39. The molecule has 1 rings (SSSR count). The van der Waals surface area contributed by atoms with E-state index >= 15 is 0 Å². The highest BCUT2D eigenvalue weighted by Crippen LogP contribution is 2.21. The number of hydrogen-bond donors (Lipinski definition) is 0. The monoisotopic (exact) mass is 318 g/mol. The molecule has 0 amide bonds. The molecule has 4 nitrogen and oxygen atoms in total. The number of hydrogen-bond acceptors (Lipinski definition) is 4. The van der Waals surface area contributed by atoms with Crippen molar-refractivity contribution >= 4 is 11.9 Å². The number of carbonyl (C=O) groups is 2. The topological polar surface area (TPSA) is 52.6 Å². The molecule has 23 heavy (non-hydrogen) atoms. The summed E-state index contributed by atoms with van der Waals surface area (Å²) in [4.78, 5) is 23.7. The van der Waals surface area contributed by atoms with E-state index in [0.29, 0.717) is 11.1 Å². The molecule has 0 saturated heterocycles. The number of unbranched alkanes of at least 4 members (excludes halogenated alkanes) is 3. The Morgan fingerprint density at radius 1 is 1.09 bits per heavy atom. The van der Waals surface area contributed by atoms with Crippen LogP contribution < -0.4 is 0 Å². The molecule has 0 aliphatic heterocycles. The standard InChI is InChI=1S/C19H26O4/c1-4-6-7-9-12-15(3)18(21)23-19(22-17(20)5-2)16-13-10-8-11-14-16/h8,10-14,19H,4-7,9H2,1-3H3. The van der Waals surface area contributed by atoms with Crippen molar-refractivity contribution < 1.29 is 19.1 Å². The van der Waals surface area contributed by atoms with Gasteiger partial charge in [0.2, 0.25) is 0 Å². The minimum absolute atomic E-state index is 0.229. The van der Waals surface area contributed by atoms with E-state index in [9.17, 15) is 9.59 Å². The van der Waals surface area contributed by atoms with E-state index in [-0.39, 0.29) is 6.42 Å². The van der Waals surface area contributed by atoms with Crippen LogP contribution in [0.2, 0.25) is 0 Å². The lowest BCUT2D eigenvalue weighted by atomic mass is 10.1. The zero-order valence-electron chi connectivity index (χ0n) is 14.2. The van der Waals surface area contributed by atoms with Crippen LogP contribution in [0.15, 0.2) is 42.0 Å². The average Bonchev–Trinajstić information content (AvgIpc) is 2.58. The molecule has 0 bridgehead atoms. The minimum atomic E-state index is -1.00. The van der Waals surface area contributed by atoms with Crippen molar-refractivity contribution in [1.29, 1.82) is 0 Å². The van der Waals surface area contributed by atoms with Gasteiger partial charge in [0.05, 0.1) is 0 Å². The summed E-state index contributed by atoms with van der Waals surface area (Å²) in [6.07, 6.45) is 5.28. The van der Waals surface area contributed by atoms with E-state index in [2.05, 4.69) is 6.92 Å². The summed E-state index contributed by atoms with van der Waals surface area (Å²) in [5.74, 6) is -0.865. The van der Waals surface area contributed by atoms with Gasteiger partial charge in [0, 0.05) is 17.6 Å². The minimum Gasteiger partial charge on any atom is -0.421 e. The molecule has 126 valence electrons. The number of allylic oxidation sites excluding steroid dienone is 1. The van der Waals surface area contributed by atoms with E-state index in [1.807, 2.05) is 24.3 Å². The Morgan fingerprint density at radius 3 is 2.39 bits per heavy atom. The maximum absolute atomic E-state index is 12.2. The van der Waals surface area contributed by atoms with E-state index in [1.165, 1.54) is 0 Å². The highest BCUT2D eigenvalue weighted by Gasteiger charge is 2.21. The van der Waals surface area contributed by atoms with Crippen molar-refractivity contribution in [2.75, 3.05) is 0 Å². The lowest BCUT2D eigenvalue weighted by Gasteiger charge is -2.18. The van der Waals surface area contributed by atoms with Crippen molar-refractivity contribution in [3.05, 3.63) is 47.5 Å². The third-order valence-electron chi connectivity index (χ3n) is 3.39. The molecule has 0 fully saturated rings. The fourth-order valence-electron chi connectivity index (χ4n) is 1.96. The Hall–Kier alpha value is -2.10. The lowest BCUT2D eigenvalue weighted by Crippen LogP contribution is -2.18. The second-order valence-electron chi connectivity index (χ2n) is 5.37. The Kier molecular flexibility index (Phi) is 8.73. The lowest BCUT2D eigenvalue weighted by molar-refractivity contribution is -0.186. The number of carbonyl (C=O) groups excluding carboxylic acids is 2. The quantitative estimate of drug-likeness (QED) is 0.286. The first-order valence-electron chi connectivity index (χ1n) is 8.20. The maximum Gasteiger partial charge on any atom is 0.336 e. The normalized spacial score (nSPS) is 12.6. The molecule has 0 aliphatic rings. The van der Waals surface area contributed by atoms with Crippen molar-refractivity contribution in [3.8, 4) is 0 Å². The second-order valence-corrected chi connectivity index (χ2v) is 5.37. The van der Waals surface area contributed by atoms with E-state index in [0.717, 1.165) is 25.7 Å². The molecular weight excluding hydrogens is 292 g/mol. The third kappa shape index (κ3) is 7.13. The van der Waals surface area contributed by atoms with Gasteiger partial charge >= 0.3 is 11.9 Å². The van der Waals surface area contributed by atoms with Crippen LogP contribution in [-0.4, -0.2) is 11.9 Å². The van der Waals surface area contributed by atoms with Crippen LogP contribution >= 0.6 is 0 Å². The largest absolute Gasteiger partial charge is 0.421 e. The fourth-order valence-corrected chi connectivity index (χ4v) is 1.96. The van der Waals surface area contributed by atoms with Crippen LogP contribution in [0.25, 0.3) is 0 Å². The molecule has 1 aromatic carbocycles. The summed E-state index contributed by atoms with van der Waals surface area (Å²) in [6, 6.07) is 9.00. The summed E-state index contributed by atoms with van der Waals surface area (Å²) >= 11 is 0. The summed E-state index contributed by atoms with van der Waals surface area (Å²) < 4.78 is 10.6. The fraction of sp³-hybridized carbons (Fsp3) is 0.474. The van der Waals surface area contributed by atoms with Crippen molar-refractivity contribution in [2.24, 2.45) is 0 Å². The zero-order valence-corrected chi connectivity index (χ0v) is 14.2. The molecular formula is C19H26O4. The van der Waals surface area contributed by atoms with Crippen LogP contribution in [0.3, 0.4) is 0 Å². The van der Waals surface area contributed by atoms with Gasteiger partial charge in [-0.05, 0) is 19.8 Å². The van der Waals surface area contributed by atoms with Crippen LogP contribution in [0.5, 0.6) is 0 Å². The van der Waals surface area contributed by atoms with Gasteiger partial charge in [0.15, 0.2) is 0 Å². The van der Waals surface area contributed by atoms with Gasteiger partial charge < -0.3 is 9.47 Å². The summed E-state index contributed by atoms with van der Waals surface area (Å²) in [5, 5.41) is 0. The predicted octanol–water partition coefficient (Wildman–Crippen LogP) is 4.71. The van der Waals surface area contributed by atoms with Crippen molar-refractivity contribution in [2.45, 2.75) is 59.2 Å². The summed E-state index contributed by atoms with van der Waals surface area (Å²) in [6.45, 7) is 5.56. The Labute approximate surface area is 138 Å². The SMILES string of the molecule is CCCCCC=C(C)C(=O)OC(OC(=O)CC)c1ccccc1. The molecule has 4 heteroatoms. The van der Waals surface area contributed by atoms with Crippen molar-refractivity contribution in [3.63, 3.8) is 0 Å². The molecule has 1 atom stereocenters. The number of esters is 2.